The highest BCUT2D eigenvalue weighted by Gasteiger charge is 2.47. The van der Waals surface area contributed by atoms with Crippen LogP contribution in [0, 0.1) is 0 Å². The minimum atomic E-state index is -4.90. The van der Waals surface area contributed by atoms with E-state index in [2.05, 4.69) is 9.47 Å². The molecule has 1 saturated heterocycles. The summed E-state index contributed by atoms with van der Waals surface area (Å²) in [6.45, 7) is -0.469. The molecule has 0 spiro atoms. The van der Waals surface area contributed by atoms with Gasteiger partial charge in [-0.2, -0.15) is 8.42 Å². The number of amides is 1. The van der Waals surface area contributed by atoms with E-state index in [9.17, 15) is 25.9 Å². The molecule has 1 amide bonds. The quantitative estimate of drug-likeness (QED) is 0.770. The largest absolute Gasteiger partial charge is 0.586 e. The Hall–Kier alpha value is -1.97. The van der Waals surface area contributed by atoms with Gasteiger partial charge in [0, 0.05) is 13.0 Å². The van der Waals surface area contributed by atoms with Crippen molar-refractivity contribution >= 4 is 21.8 Å². The molecule has 1 aromatic carbocycles. The first kappa shape index (κ1) is 14.0. The van der Waals surface area contributed by atoms with E-state index < -0.39 is 40.6 Å². The Kier molecular flexibility index (Phi) is 2.84. The maximum Gasteiger partial charge on any atom is 0.586 e. The van der Waals surface area contributed by atoms with Crippen LogP contribution in [0.5, 0.6) is 11.5 Å². The SMILES string of the molecule is O=C1CC(S(=O)(=O)F)CN1c1cccc2c1OC(F)(F)O2. The molecule has 0 bridgehead atoms. The van der Waals surface area contributed by atoms with E-state index in [-0.39, 0.29) is 17.2 Å². The minimum absolute atomic E-state index is 0.0826. The van der Waals surface area contributed by atoms with Crippen LogP contribution >= 0.6 is 0 Å². The average molecular weight is 323 g/mol. The van der Waals surface area contributed by atoms with Crippen LogP contribution in [0.1, 0.15) is 6.42 Å². The molecule has 0 N–H and O–H groups in total. The standard InChI is InChI=1S/C11H8F3NO5S/c12-11(13)19-8-3-1-2-7(10(8)20-11)15-5-6(4-9(15)16)21(14,17)18/h1-3,6H,4-5H2. The average Bonchev–Trinajstić information content (AvgIpc) is 2.86. The summed E-state index contributed by atoms with van der Waals surface area (Å²) < 4.78 is 69.4. The molecule has 1 fully saturated rings. The summed E-state index contributed by atoms with van der Waals surface area (Å²) >= 11 is 0. The van der Waals surface area contributed by atoms with Gasteiger partial charge in [0.1, 0.15) is 5.25 Å². The molecule has 2 heterocycles. The van der Waals surface area contributed by atoms with E-state index >= 15 is 0 Å². The van der Waals surface area contributed by atoms with Gasteiger partial charge in [0.25, 0.3) is 0 Å². The Labute approximate surface area is 117 Å². The van der Waals surface area contributed by atoms with Gasteiger partial charge in [-0.3, -0.25) is 4.79 Å². The second kappa shape index (κ2) is 4.26. The van der Waals surface area contributed by atoms with Crippen LogP contribution in [-0.2, 0) is 15.0 Å². The van der Waals surface area contributed by atoms with E-state index in [0.717, 1.165) is 4.90 Å². The van der Waals surface area contributed by atoms with E-state index in [1.165, 1.54) is 18.2 Å². The number of para-hydroxylation sites is 1. The summed E-state index contributed by atoms with van der Waals surface area (Å²) in [5, 5.41) is -1.52. The van der Waals surface area contributed by atoms with Crippen molar-refractivity contribution < 1.29 is 35.4 Å². The van der Waals surface area contributed by atoms with Gasteiger partial charge in [0.15, 0.2) is 11.5 Å². The molecule has 21 heavy (non-hydrogen) atoms. The monoisotopic (exact) mass is 323 g/mol. The highest BCUT2D eigenvalue weighted by molar-refractivity contribution is 7.87. The number of nitrogens with zero attached hydrogens (tertiary/aromatic N) is 1. The molecule has 2 aliphatic heterocycles. The number of benzene rings is 1. The molecule has 0 aromatic heterocycles. The summed E-state index contributed by atoms with van der Waals surface area (Å²) in [6, 6.07) is 3.84. The fraction of sp³-hybridized carbons (Fsp3) is 0.364. The maximum absolute atomic E-state index is 13.1. The number of carbonyl (C=O) groups excluding carboxylic acids is 1. The molecule has 2 aliphatic rings. The van der Waals surface area contributed by atoms with Crippen LogP contribution in [0.3, 0.4) is 0 Å². The van der Waals surface area contributed by atoms with E-state index in [1.807, 2.05) is 0 Å². The van der Waals surface area contributed by atoms with Crippen LogP contribution in [-0.4, -0.2) is 32.4 Å². The van der Waals surface area contributed by atoms with Gasteiger partial charge < -0.3 is 14.4 Å². The molecule has 114 valence electrons. The van der Waals surface area contributed by atoms with Gasteiger partial charge in [-0.1, -0.05) is 6.07 Å². The third-order valence-corrected chi connectivity index (χ3v) is 4.30. The van der Waals surface area contributed by atoms with Gasteiger partial charge in [0.05, 0.1) is 5.69 Å². The Morgan fingerprint density at radius 3 is 2.62 bits per heavy atom. The Bertz CT molecular complexity index is 721. The molecule has 1 unspecified atom stereocenters. The lowest BCUT2D eigenvalue weighted by Gasteiger charge is -2.17. The Morgan fingerprint density at radius 2 is 2.00 bits per heavy atom. The number of anilines is 1. The molecule has 0 saturated carbocycles. The van der Waals surface area contributed by atoms with Crippen molar-refractivity contribution in [2.75, 3.05) is 11.4 Å². The lowest BCUT2D eigenvalue weighted by molar-refractivity contribution is -0.286. The predicted octanol–water partition coefficient (Wildman–Crippen LogP) is 1.41. The Balaban J connectivity index is 1.97. The number of alkyl halides is 2. The van der Waals surface area contributed by atoms with E-state index in [0.29, 0.717) is 0 Å². The minimum Gasteiger partial charge on any atom is -0.395 e. The molecule has 0 aliphatic carbocycles. The zero-order chi connectivity index (χ0) is 15.4. The van der Waals surface area contributed by atoms with Crippen molar-refractivity contribution in [3.8, 4) is 11.5 Å². The molecule has 0 radical (unpaired) electrons. The summed E-state index contributed by atoms with van der Waals surface area (Å²) in [5.74, 6) is -1.36. The fourth-order valence-electron chi connectivity index (χ4n) is 2.26. The van der Waals surface area contributed by atoms with Gasteiger partial charge >= 0.3 is 16.5 Å². The van der Waals surface area contributed by atoms with Crippen LogP contribution in [0.2, 0.25) is 0 Å². The summed E-state index contributed by atoms with van der Waals surface area (Å²) in [7, 11) is -4.90. The summed E-state index contributed by atoms with van der Waals surface area (Å²) in [6.07, 6.45) is -4.42. The lowest BCUT2D eigenvalue weighted by Crippen LogP contribution is -2.28. The van der Waals surface area contributed by atoms with E-state index in [4.69, 9.17) is 0 Å². The van der Waals surface area contributed by atoms with Gasteiger partial charge in [-0.25, -0.2) is 0 Å². The zero-order valence-electron chi connectivity index (χ0n) is 10.3. The number of hydrogen-bond donors (Lipinski definition) is 0. The highest BCUT2D eigenvalue weighted by Crippen LogP contribution is 2.48. The fourth-order valence-corrected chi connectivity index (χ4v) is 2.93. The second-order valence-electron chi connectivity index (χ2n) is 4.58. The third-order valence-electron chi connectivity index (χ3n) is 3.19. The van der Waals surface area contributed by atoms with Crippen molar-refractivity contribution in [1.82, 2.24) is 0 Å². The van der Waals surface area contributed by atoms with Gasteiger partial charge in [-0.15, -0.1) is 12.7 Å². The number of hydrogen-bond acceptors (Lipinski definition) is 5. The van der Waals surface area contributed by atoms with Gasteiger partial charge in [0.2, 0.25) is 5.91 Å². The second-order valence-corrected chi connectivity index (χ2v) is 6.20. The van der Waals surface area contributed by atoms with Crippen LogP contribution in [0.4, 0.5) is 18.4 Å². The molecule has 10 heteroatoms. The van der Waals surface area contributed by atoms with Crippen LogP contribution in [0.25, 0.3) is 0 Å². The smallest absolute Gasteiger partial charge is 0.395 e. The van der Waals surface area contributed by atoms with Gasteiger partial charge in [-0.05, 0) is 12.1 Å². The van der Waals surface area contributed by atoms with Crippen LogP contribution < -0.4 is 14.4 Å². The number of ether oxygens (including phenoxy) is 2. The molecule has 1 aromatic rings. The zero-order valence-corrected chi connectivity index (χ0v) is 11.1. The van der Waals surface area contributed by atoms with E-state index in [1.54, 1.807) is 0 Å². The third kappa shape index (κ3) is 2.39. The first-order chi connectivity index (χ1) is 9.67. The topological polar surface area (TPSA) is 72.9 Å². The first-order valence-corrected chi connectivity index (χ1v) is 7.25. The first-order valence-electron chi connectivity index (χ1n) is 5.80. The van der Waals surface area contributed by atoms with Crippen molar-refractivity contribution in [3.05, 3.63) is 18.2 Å². The van der Waals surface area contributed by atoms with Crippen molar-refractivity contribution in [1.29, 1.82) is 0 Å². The normalized spacial score (nSPS) is 23.7. The number of halogens is 3. The lowest BCUT2D eigenvalue weighted by atomic mass is 10.2. The molecule has 6 nitrogen and oxygen atoms in total. The molecular formula is C11H8F3NO5S. The predicted molar refractivity (Wildman–Crippen MR) is 63.4 cm³/mol. The number of carbonyl (C=O) groups is 1. The number of fused-ring (bicyclic) bond motifs is 1. The molecule has 3 rings (SSSR count). The highest BCUT2D eigenvalue weighted by atomic mass is 32.3. The van der Waals surface area contributed by atoms with Crippen molar-refractivity contribution in [3.63, 3.8) is 0 Å². The molecule has 1 atom stereocenters. The van der Waals surface area contributed by atoms with Crippen molar-refractivity contribution in [2.24, 2.45) is 0 Å². The molecular weight excluding hydrogens is 315 g/mol. The summed E-state index contributed by atoms with van der Waals surface area (Å²) in [5.41, 5.74) is -0.0826. The number of rotatable bonds is 2. The summed E-state index contributed by atoms with van der Waals surface area (Å²) in [4.78, 5) is 12.7. The van der Waals surface area contributed by atoms with Crippen LogP contribution in [0.15, 0.2) is 18.2 Å². The Morgan fingerprint density at radius 1 is 1.29 bits per heavy atom. The van der Waals surface area contributed by atoms with Crippen molar-refractivity contribution in [2.45, 2.75) is 18.0 Å². The maximum atomic E-state index is 13.1.